The number of fused-ring (bicyclic) bond motifs is 1. The number of carbonyl (C=O) groups is 1. The second-order valence-electron chi connectivity index (χ2n) is 6.91. The average Bonchev–Trinajstić information content (AvgIpc) is 3.47. The third-order valence-electron chi connectivity index (χ3n) is 5.05. The highest BCUT2D eigenvalue weighted by atomic mass is 32.1. The van der Waals surface area contributed by atoms with Crippen LogP contribution < -0.4 is 0 Å². The first kappa shape index (κ1) is 17.2. The number of rotatable bonds is 4. The lowest BCUT2D eigenvalue weighted by Crippen LogP contribution is -2.48. The minimum absolute atomic E-state index is 0.0116. The van der Waals surface area contributed by atoms with Crippen molar-refractivity contribution in [3.05, 3.63) is 59.4 Å². The Bertz CT molecular complexity index is 1060. The molecular formula is C20H20N6OS. The Balaban J connectivity index is 1.20. The number of hydrogen-bond donors (Lipinski definition) is 2. The van der Waals surface area contributed by atoms with Gasteiger partial charge >= 0.3 is 0 Å². The molecule has 142 valence electrons. The standard InChI is InChI=1S/C20H20N6OS/c27-20(17-12-16(23-24-17)18-6-3-11-28-18)26-9-7-25(8-10-26)13-19-21-14-4-1-2-5-15(14)22-19/h1-6,11-12H,7-10,13H2,(H,21,22)(H,23,24). The van der Waals surface area contributed by atoms with E-state index >= 15 is 0 Å². The molecule has 0 unspecified atom stereocenters. The van der Waals surface area contributed by atoms with Crippen LogP contribution >= 0.6 is 11.3 Å². The predicted octanol–water partition coefficient (Wildman–Crippen LogP) is 2.97. The molecule has 1 fully saturated rings. The molecule has 2 N–H and O–H groups in total. The first-order valence-corrected chi connectivity index (χ1v) is 10.2. The summed E-state index contributed by atoms with van der Waals surface area (Å²) in [4.78, 5) is 26.1. The molecule has 4 aromatic rings. The summed E-state index contributed by atoms with van der Waals surface area (Å²) in [5, 5.41) is 9.21. The molecule has 1 saturated heterocycles. The quantitative estimate of drug-likeness (QED) is 0.559. The Hall–Kier alpha value is -2.97. The van der Waals surface area contributed by atoms with E-state index in [1.807, 2.05) is 52.7 Å². The zero-order valence-corrected chi connectivity index (χ0v) is 16.1. The van der Waals surface area contributed by atoms with E-state index < -0.39 is 0 Å². The highest BCUT2D eigenvalue weighted by Crippen LogP contribution is 2.23. The second-order valence-corrected chi connectivity index (χ2v) is 7.86. The predicted molar refractivity (Wildman–Crippen MR) is 109 cm³/mol. The topological polar surface area (TPSA) is 80.9 Å². The molecule has 0 saturated carbocycles. The van der Waals surface area contributed by atoms with Crippen molar-refractivity contribution in [2.45, 2.75) is 6.54 Å². The van der Waals surface area contributed by atoms with Gasteiger partial charge in [0.05, 0.1) is 28.1 Å². The van der Waals surface area contributed by atoms with Gasteiger partial charge in [0.1, 0.15) is 5.82 Å². The van der Waals surface area contributed by atoms with Crippen molar-refractivity contribution in [1.29, 1.82) is 0 Å². The van der Waals surface area contributed by atoms with Crippen molar-refractivity contribution in [2.75, 3.05) is 26.2 Å². The molecule has 7 nitrogen and oxygen atoms in total. The minimum Gasteiger partial charge on any atom is -0.341 e. The van der Waals surface area contributed by atoms with Gasteiger partial charge in [-0.2, -0.15) is 5.10 Å². The van der Waals surface area contributed by atoms with Gasteiger partial charge in [-0.05, 0) is 29.6 Å². The number of piperazine rings is 1. The number of H-pyrrole nitrogens is 2. The maximum atomic E-state index is 12.8. The first-order chi connectivity index (χ1) is 13.8. The minimum atomic E-state index is -0.0116. The Kier molecular flexibility index (Phi) is 4.42. The summed E-state index contributed by atoms with van der Waals surface area (Å²) in [6, 6.07) is 13.9. The van der Waals surface area contributed by atoms with Gasteiger partial charge in [0.2, 0.25) is 0 Å². The Morgan fingerprint density at radius 3 is 2.75 bits per heavy atom. The number of amides is 1. The third kappa shape index (κ3) is 3.32. The summed E-state index contributed by atoms with van der Waals surface area (Å²) in [5.74, 6) is 0.955. The van der Waals surface area contributed by atoms with Crippen molar-refractivity contribution in [2.24, 2.45) is 0 Å². The van der Waals surface area contributed by atoms with Crippen LogP contribution in [0.1, 0.15) is 16.3 Å². The summed E-state index contributed by atoms with van der Waals surface area (Å²) in [6.07, 6.45) is 0. The summed E-state index contributed by atoms with van der Waals surface area (Å²) in [7, 11) is 0. The molecule has 4 heterocycles. The van der Waals surface area contributed by atoms with Crippen LogP contribution in [0.25, 0.3) is 21.6 Å². The van der Waals surface area contributed by atoms with Crippen LogP contribution in [0.3, 0.4) is 0 Å². The average molecular weight is 392 g/mol. The van der Waals surface area contributed by atoms with Crippen LogP contribution in [-0.2, 0) is 6.54 Å². The first-order valence-electron chi connectivity index (χ1n) is 9.31. The Morgan fingerprint density at radius 1 is 1.11 bits per heavy atom. The molecule has 0 atom stereocenters. The lowest BCUT2D eigenvalue weighted by atomic mass is 10.2. The van der Waals surface area contributed by atoms with Crippen LogP contribution in [0.5, 0.6) is 0 Å². The molecule has 1 aliphatic heterocycles. The molecule has 1 aromatic carbocycles. The van der Waals surface area contributed by atoms with Gasteiger partial charge in [0.15, 0.2) is 5.69 Å². The maximum Gasteiger partial charge on any atom is 0.274 e. The van der Waals surface area contributed by atoms with Crippen LogP contribution in [0, 0.1) is 0 Å². The fraction of sp³-hybridized carbons (Fsp3) is 0.250. The number of nitrogens with zero attached hydrogens (tertiary/aromatic N) is 4. The number of imidazole rings is 1. The van der Waals surface area contributed by atoms with Gasteiger partial charge in [-0.1, -0.05) is 18.2 Å². The number of carbonyl (C=O) groups excluding carboxylic acids is 1. The smallest absolute Gasteiger partial charge is 0.274 e. The van der Waals surface area contributed by atoms with Gasteiger partial charge in [0.25, 0.3) is 5.91 Å². The number of aromatic nitrogens is 4. The van der Waals surface area contributed by atoms with E-state index in [2.05, 4.69) is 25.1 Å². The van der Waals surface area contributed by atoms with Crippen molar-refractivity contribution >= 4 is 28.3 Å². The highest BCUT2D eigenvalue weighted by Gasteiger charge is 2.24. The maximum absolute atomic E-state index is 12.8. The van der Waals surface area contributed by atoms with E-state index in [-0.39, 0.29) is 5.91 Å². The van der Waals surface area contributed by atoms with Crippen LogP contribution in [0.4, 0.5) is 0 Å². The van der Waals surface area contributed by atoms with Crippen LogP contribution in [-0.4, -0.2) is 62.1 Å². The van der Waals surface area contributed by atoms with E-state index in [0.29, 0.717) is 18.8 Å². The molecule has 8 heteroatoms. The van der Waals surface area contributed by atoms with E-state index in [4.69, 9.17) is 0 Å². The molecule has 1 amide bonds. The molecule has 0 spiro atoms. The Labute approximate surface area is 166 Å². The fourth-order valence-corrected chi connectivity index (χ4v) is 4.25. The largest absolute Gasteiger partial charge is 0.341 e. The highest BCUT2D eigenvalue weighted by molar-refractivity contribution is 7.13. The lowest BCUT2D eigenvalue weighted by molar-refractivity contribution is 0.0620. The molecule has 5 rings (SSSR count). The van der Waals surface area contributed by atoms with Crippen molar-refractivity contribution in [1.82, 2.24) is 30.0 Å². The fourth-order valence-electron chi connectivity index (χ4n) is 3.55. The summed E-state index contributed by atoms with van der Waals surface area (Å²) in [5.41, 5.74) is 3.42. The zero-order valence-electron chi connectivity index (χ0n) is 15.3. The summed E-state index contributed by atoms with van der Waals surface area (Å²) >= 11 is 1.63. The van der Waals surface area contributed by atoms with E-state index in [0.717, 1.165) is 47.1 Å². The van der Waals surface area contributed by atoms with E-state index in [9.17, 15) is 4.79 Å². The molecule has 0 aliphatic carbocycles. The number of hydrogen-bond acceptors (Lipinski definition) is 5. The van der Waals surface area contributed by atoms with Gasteiger partial charge in [-0.25, -0.2) is 4.98 Å². The molecule has 3 aromatic heterocycles. The van der Waals surface area contributed by atoms with E-state index in [1.165, 1.54) is 0 Å². The molecule has 28 heavy (non-hydrogen) atoms. The molecule has 1 aliphatic rings. The Morgan fingerprint density at radius 2 is 1.96 bits per heavy atom. The number of aromatic amines is 2. The van der Waals surface area contributed by atoms with Gasteiger partial charge in [0, 0.05) is 26.2 Å². The summed E-state index contributed by atoms with van der Waals surface area (Å²) < 4.78 is 0. The van der Waals surface area contributed by atoms with E-state index in [1.54, 1.807) is 11.3 Å². The SMILES string of the molecule is O=C(c1cc(-c2cccs2)[nH]n1)N1CCN(Cc2nc3ccccc3[nH]2)CC1. The van der Waals surface area contributed by atoms with Crippen LogP contribution in [0.2, 0.25) is 0 Å². The number of nitrogens with one attached hydrogen (secondary N) is 2. The zero-order chi connectivity index (χ0) is 18.9. The van der Waals surface area contributed by atoms with Crippen molar-refractivity contribution in [3.8, 4) is 10.6 Å². The van der Waals surface area contributed by atoms with Crippen LogP contribution in [0.15, 0.2) is 47.8 Å². The number of para-hydroxylation sites is 2. The molecular weight excluding hydrogens is 372 g/mol. The normalized spacial score (nSPS) is 15.4. The van der Waals surface area contributed by atoms with Gasteiger partial charge < -0.3 is 9.88 Å². The molecule has 0 radical (unpaired) electrons. The summed E-state index contributed by atoms with van der Waals surface area (Å²) in [6.45, 7) is 3.80. The second kappa shape index (κ2) is 7.21. The number of benzene rings is 1. The molecule has 0 bridgehead atoms. The third-order valence-corrected chi connectivity index (χ3v) is 5.96. The van der Waals surface area contributed by atoms with Crippen molar-refractivity contribution in [3.63, 3.8) is 0 Å². The monoisotopic (exact) mass is 392 g/mol. The van der Waals surface area contributed by atoms with Gasteiger partial charge in [-0.3, -0.25) is 14.8 Å². The van der Waals surface area contributed by atoms with Crippen molar-refractivity contribution < 1.29 is 4.79 Å². The lowest BCUT2D eigenvalue weighted by Gasteiger charge is -2.33. The number of thiophene rings is 1. The van der Waals surface area contributed by atoms with Gasteiger partial charge in [-0.15, -0.1) is 11.3 Å².